The Bertz CT molecular complexity index is 366. The lowest BCUT2D eigenvalue weighted by Gasteiger charge is -2.32. The molecule has 1 rings (SSSR count). The van der Waals surface area contributed by atoms with Gasteiger partial charge in [0, 0.05) is 29.2 Å². The third-order valence-electron chi connectivity index (χ3n) is 3.38. The molecule has 0 saturated heterocycles. The van der Waals surface area contributed by atoms with Crippen LogP contribution in [0, 0.1) is 0 Å². The van der Waals surface area contributed by atoms with Crippen LogP contribution in [0.15, 0.2) is 18.2 Å². The molecule has 1 unspecified atom stereocenters. The van der Waals surface area contributed by atoms with Crippen LogP contribution in [0.25, 0.3) is 0 Å². The van der Waals surface area contributed by atoms with Crippen LogP contribution < -0.4 is 4.90 Å². The van der Waals surface area contributed by atoms with Crippen LogP contribution in [0.3, 0.4) is 0 Å². The van der Waals surface area contributed by atoms with Crippen LogP contribution >= 0.6 is 23.2 Å². The molecule has 0 saturated carbocycles. The predicted octanol–water partition coefficient (Wildman–Crippen LogP) is 5.48. The number of hydrogen-bond acceptors (Lipinski definition) is 1. The Kier molecular flexibility index (Phi) is 6.88. The van der Waals surface area contributed by atoms with Gasteiger partial charge in [-0.25, -0.2) is 0 Å². The molecule has 0 N–H and O–H groups in total. The number of hydrogen-bond donors (Lipinski definition) is 0. The Hall–Kier alpha value is -0.400. The Balaban J connectivity index is 3.05. The van der Waals surface area contributed by atoms with Gasteiger partial charge in [-0.3, -0.25) is 0 Å². The number of alkyl halides is 1. The number of anilines is 1. The standard InChI is InChI=1S/C15H23Cl2N/c1-4-6-9-18(12(3)5-2)15-10-14(17)8-7-13(15)11-16/h7-8,10,12H,4-6,9,11H2,1-3H3. The Morgan fingerprint density at radius 1 is 1.28 bits per heavy atom. The van der Waals surface area contributed by atoms with Crippen LogP contribution in [0.5, 0.6) is 0 Å². The smallest absolute Gasteiger partial charge is 0.0494 e. The Morgan fingerprint density at radius 3 is 2.56 bits per heavy atom. The SMILES string of the molecule is CCCCN(c1cc(Cl)ccc1CCl)C(C)CC. The molecule has 0 aliphatic carbocycles. The predicted molar refractivity (Wildman–Crippen MR) is 83.0 cm³/mol. The van der Waals surface area contributed by atoms with Crippen LogP contribution in [0.2, 0.25) is 5.02 Å². The second-order valence-electron chi connectivity index (χ2n) is 4.71. The molecule has 0 spiro atoms. The lowest BCUT2D eigenvalue weighted by Crippen LogP contribution is -2.34. The number of benzene rings is 1. The molecule has 0 aliphatic heterocycles. The Labute approximate surface area is 121 Å². The average molecular weight is 288 g/mol. The number of nitrogens with zero attached hydrogens (tertiary/aromatic N) is 1. The molecule has 0 aliphatic rings. The molecule has 0 aromatic heterocycles. The maximum atomic E-state index is 6.13. The van der Waals surface area contributed by atoms with Crippen molar-refractivity contribution in [3.05, 3.63) is 28.8 Å². The molecule has 1 aromatic carbocycles. The molecule has 0 radical (unpaired) electrons. The van der Waals surface area contributed by atoms with Crippen LogP contribution in [-0.2, 0) is 5.88 Å². The summed E-state index contributed by atoms with van der Waals surface area (Å²) in [5, 5.41) is 0.781. The molecule has 3 heteroatoms. The van der Waals surface area contributed by atoms with E-state index in [0.29, 0.717) is 11.9 Å². The highest BCUT2D eigenvalue weighted by Crippen LogP contribution is 2.28. The minimum absolute atomic E-state index is 0.511. The molecule has 1 aromatic rings. The molecule has 0 fully saturated rings. The summed E-state index contributed by atoms with van der Waals surface area (Å²) in [5.41, 5.74) is 2.36. The minimum atomic E-state index is 0.511. The van der Waals surface area contributed by atoms with Gasteiger partial charge < -0.3 is 4.90 Å². The first-order valence-corrected chi connectivity index (χ1v) is 7.66. The summed E-state index contributed by atoms with van der Waals surface area (Å²) < 4.78 is 0. The highest BCUT2D eigenvalue weighted by molar-refractivity contribution is 6.31. The molecule has 0 amide bonds. The first-order valence-electron chi connectivity index (χ1n) is 6.75. The van der Waals surface area contributed by atoms with Gasteiger partial charge in [-0.1, -0.05) is 37.9 Å². The van der Waals surface area contributed by atoms with Gasteiger partial charge in [0.1, 0.15) is 0 Å². The van der Waals surface area contributed by atoms with E-state index in [1.165, 1.54) is 18.5 Å². The van der Waals surface area contributed by atoms with Crippen LogP contribution in [0.1, 0.15) is 45.6 Å². The van der Waals surface area contributed by atoms with Crippen LogP contribution in [-0.4, -0.2) is 12.6 Å². The van der Waals surface area contributed by atoms with Crippen molar-refractivity contribution in [2.45, 2.75) is 52.0 Å². The van der Waals surface area contributed by atoms with Crippen molar-refractivity contribution in [2.24, 2.45) is 0 Å². The zero-order chi connectivity index (χ0) is 13.5. The maximum absolute atomic E-state index is 6.13. The fourth-order valence-corrected chi connectivity index (χ4v) is 2.44. The third-order valence-corrected chi connectivity index (χ3v) is 3.90. The number of unbranched alkanes of at least 4 members (excludes halogenated alkanes) is 1. The minimum Gasteiger partial charge on any atom is -0.369 e. The highest BCUT2D eigenvalue weighted by Gasteiger charge is 2.16. The summed E-state index contributed by atoms with van der Waals surface area (Å²) in [6.07, 6.45) is 3.51. The van der Waals surface area contributed by atoms with E-state index in [-0.39, 0.29) is 0 Å². The van der Waals surface area contributed by atoms with Crippen molar-refractivity contribution in [3.8, 4) is 0 Å². The van der Waals surface area contributed by atoms with Gasteiger partial charge in [-0.15, -0.1) is 11.6 Å². The molecule has 102 valence electrons. The van der Waals surface area contributed by atoms with Gasteiger partial charge in [0.15, 0.2) is 0 Å². The fraction of sp³-hybridized carbons (Fsp3) is 0.600. The summed E-state index contributed by atoms with van der Waals surface area (Å²) in [7, 11) is 0. The number of rotatable bonds is 7. The van der Waals surface area contributed by atoms with Crippen molar-refractivity contribution in [1.29, 1.82) is 0 Å². The van der Waals surface area contributed by atoms with E-state index >= 15 is 0 Å². The van der Waals surface area contributed by atoms with E-state index in [1.807, 2.05) is 18.2 Å². The normalized spacial score (nSPS) is 12.5. The highest BCUT2D eigenvalue weighted by atomic mass is 35.5. The van der Waals surface area contributed by atoms with Gasteiger partial charge in [-0.2, -0.15) is 0 Å². The van der Waals surface area contributed by atoms with Gasteiger partial charge in [-0.05, 0) is 37.5 Å². The summed E-state index contributed by atoms with van der Waals surface area (Å²) in [5.74, 6) is 0.533. The molecule has 0 heterocycles. The largest absolute Gasteiger partial charge is 0.369 e. The molecule has 1 nitrogen and oxygen atoms in total. The lowest BCUT2D eigenvalue weighted by molar-refractivity contribution is 0.594. The van der Waals surface area contributed by atoms with E-state index in [4.69, 9.17) is 23.2 Å². The summed E-state index contributed by atoms with van der Waals surface area (Å²) in [4.78, 5) is 2.44. The average Bonchev–Trinajstić information content (AvgIpc) is 2.39. The van der Waals surface area contributed by atoms with Crippen LogP contribution in [0.4, 0.5) is 5.69 Å². The second kappa shape index (κ2) is 7.91. The van der Waals surface area contributed by atoms with Crippen molar-refractivity contribution >= 4 is 28.9 Å². The second-order valence-corrected chi connectivity index (χ2v) is 5.41. The summed E-state index contributed by atoms with van der Waals surface area (Å²) in [6, 6.07) is 6.50. The van der Waals surface area contributed by atoms with Gasteiger partial charge in [0.25, 0.3) is 0 Å². The topological polar surface area (TPSA) is 3.24 Å². The molecule has 1 atom stereocenters. The van der Waals surface area contributed by atoms with Crippen molar-refractivity contribution < 1.29 is 0 Å². The molecule has 18 heavy (non-hydrogen) atoms. The summed E-state index contributed by atoms with van der Waals surface area (Å²) in [6.45, 7) is 7.76. The monoisotopic (exact) mass is 287 g/mol. The molecular weight excluding hydrogens is 265 g/mol. The molecular formula is C15H23Cl2N. The van der Waals surface area contributed by atoms with E-state index in [1.54, 1.807) is 0 Å². The van der Waals surface area contributed by atoms with E-state index in [0.717, 1.165) is 23.6 Å². The zero-order valence-corrected chi connectivity index (χ0v) is 13.1. The van der Waals surface area contributed by atoms with Crippen molar-refractivity contribution in [1.82, 2.24) is 0 Å². The van der Waals surface area contributed by atoms with Gasteiger partial charge in [0.2, 0.25) is 0 Å². The van der Waals surface area contributed by atoms with E-state index < -0.39 is 0 Å². The first-order chi connectivity index (χ1) is 8.63. The maximum Gasteiger partial charge on any atom is 0.0494 e. The quantitative estimate of drug-likeness (QED) is 0.600. The molecule has 0 bridgehead atoms. The van der Waals surface area contributed by atoms with Crippen molar-refractivity contribution in [2.75, 3.05) is 11.4 Å². The summed E-state index contributed by atoms with van der Waals surface area (Å²) >= 11 is 12.2. The zero-order valence-electron chi connectivity index (χ0n) is 11.5. The third kappa shape index (κ3) is 4.07. The Morgan fingerprint density at radius 2 is 2.00 bits per heavy atom. The fourth-order valence-electron chi connectivity index (χ4n) is 2.04. The lowest BCUT2D eigenvalue weighted by atomic mass is 10.1. The number of halogens is 2. The van der Waals surface area contributed by atoms with Crippen molar-refractivity contribution in [3.63, 3.8) is 0 Å². The van der Waals surface area contributed by atoms with Gasteiger partial charge in [0.05, 0.1) is 0 Å². The first kappa shape index (κ1) is 15.7. The van der Waals surface area contributed by atoms with E-state index in [9.17, 15) is 0 Å². The van der Waals surface area contributed by atoms with E-state index in [2.05, 4.69) is 25.7 Å². The van der Waals surface area contributed by atoms with Gasteiger partial charge >= 0.3 is 0 Å².